The molecule has 0 spiro atoms. The van der Waals surface area contributed by atoms with Crippen molar-refractivity contribution in [3.8, 4) is 0 Å². The molecule has 3 atom stereocenters. The first kappa shape index (κ1) is 11.7. The molecule has 5 nitrogen and oxygen atoms in total. The Morgan fingerprint density at radius 2 is 2.31 bits per heavy atom. The van der Waals surface area contributed by atoms with Crippen LogP contribution in [0.25, 0.3) is 0 Å². The molecule has 1 aromatic heterocycles. The number of alkyl halides is 1. The molecule has 0 bridgehead atoms. The third kappa shape index (κ3) is 2.30. The Kier molecular flexibility index (Phi) is 3.35. The van der Waals surface area contributed by atoms with Crippen LogP contribution in [0.5, 0.6) is 0 Å². The summed E-state index contributed by atoms with van der Waals surface area (Å²) < 4.78 is 5.43. The maximum absolute atomic E-state index is 9.77. The van der Waals surface area contributed by atoms with Gasteiger partial charge >= 0.3 is 6.01 Å². The van der Waals surface area contributed by atoms with Crippen molar-refractivity contribution in [2.45, 2.75) is 31.7 Å². The van der Waals surface area contributed by atoms with Gasteiger partial charge in [-0.3, -0.25) is 0 Å². The molecule has 6 heteroatoms. The highest BCUT2D eigenvalue weighted by atomic mass is 35.5. The molecule has 0 aliphatic carbocycles. The van der Waals surface area contributed by atoms with E-state index in [2.05, 4.69) is 10.2 Å². The van der Waals surface area contributed by atoms with E-state index in [0.29, 0.717) is 24.4 Å². The van der Waals surface area contributed by atoms with Crippen molar-refractivity contribution in [2.75, 3.05) is 18.0 Å². The SMILES string of the molecule is CC(Cl)c1nnc(N2CCC(C)C(O)C2)o1. The van der Waals surface area contributed by atoms with Crippen LogP contribution in [0.2, 0.25) is 0 Å². The van der Waals surface area contributed by atoms with Gasteiger partial charge in [-0.25, -0.2) is 0 Å². The minimum absolute atomic E-state index is 0.283. The van der Waals surface area contributed by atoms with Gasteiger partial charge in [0.25, 0.3) is 0 Å². The zero-order chi connectivity index (χ0) is 11.7. The van der Waals surface area contributed by atoms with Gasteiger partial charge in [-0.15, -0.1) is 16.7 Å². The molecule has 1 aliphatic heterocycles. The Balaban J connectivity index is 2.07. The van der Waals surface area contributed by atoms with Crippen LogP contribution < -0.4 is 4.90 Å². The molecule has 90 valence electrons. The van der Waals surface area contributed by atoms with Crippen molar-refractivity contribution in [3.05, 3.63) is 5.89 Å². The lowest BCUT2D eigenvalue weighted by Gasteiger charge is -2.32. The number of nitrogens with zero attached hydrogens (tertiary/aromatic N) is 3. The lowest BCUT2D eigenvalue weighted by Crippen LogP contribution is -2.43. The first-order valence-electron chi connectivity index (χ1n) is 5.48. The number of aromatic nitrogens is 2. The molecule has 0 saturated carbocycles. The summed E-state index contributed by atoms with van der Waals surface area (Å²) in [5.41, 5.74) is 0. The predicted molar refractivity (Wildman–Crippen MR) is 60.6 cm³/mol. The van der Waals surface area contributed by atoms with Gasteiger partial charge in [0, 0.05) is 13.1 Å². The topological polar surface area (TPSA) is 62.4 Å². The molecule has 1 aromatic rings. The largest absolute Gasteiger partial charge is 0.406 e. The summed E-state index contributed by atoms with van der Waals surface area (Å²) >= 11 is 5.84. The number of hydrogen-bond donors (Lipinski definition) is 1. The Morgan fingerprint density at radius 3 is 2.88 bits per heavy atom. The van der Waals surface area contributed by atoms with E-state index in [9.17, 15) is 5.11 Å². The molecule has 0 radical (unpaired) electrons. The van der Waals surface area contributed by atoms with Crippen LogP contribution in [0.1, 0.15) is 31.5 Å². The van der Waals surface area contributed by atoms with Crippen molar-refractivity contribution >= 4 is 17.6 Å². The summed E-state index contributed by atoms with van der Waals surface area (Å²) in [4.78, 5) is 1.90. The fourth-order valence-electron chi connectivity index (χ4n) is 1.74. The van der Waals surface area contributed by atoms with E-state index in [1.54, 1.807) is 6.92 Å². The Hall–Kier alpha value is -0.810. The average molecular weight is 246 g/mol. The molecule has 2 heterocycles. The van der Waals surface area contributed by atoms with Crippen molar-refractivity contribution in [1.82, 2.24) is 10.2 Å². The van der Waals surface area contributed by atoms with Crippen molar-refractivity contribution in [3.63, 3.8) is 0 Å². The zero-order valence-corrected chi connectivity index (χ0v) is 10.2. The summed E-state index contributed by atoms with van der Waals surface area (Å²) in [6.07, 6.45) is 0.590. The van der Waals surface area contributed by atoms with Crippen molar-refractivity contribution in [1.29, 1.82) is 0 Å². The van der Waals surface area contributed by atoms with Gasteiger partial charge in [0.15, 0.2) is 0 Å². The van der Waals surface area contributed by atoms with E-state index in [4.69, 9.17) is 16.0 Å². The number of piperidine rings is 1. The van der Waals surface area contributed by atoms with Crippen LogP contribution in [0.4, 0.5) is 6.01 Å². The number of anilines is 1. The fraction of sp³-hybridized carbons (Fsp3) is 0.800. The van der Waals surface area contributed by atoms with Crippen LogP contribution in [0.3, 0.4) is 0 Å². The van der Waals surface area contributed by atoms with Gasteiger partial charge in [-0.05, 0) is 19.3 Å². The monoisotopic (exact) mass is 245 g/mol. The van der Waals surface area contributed by atoms with E-state index < -0.39 is 0 Å². The van der Waals surface area contributed by atoms with Crippen LogP contribution in [-0.4, -0.2) is 34.5 Å². The Morgan fingerprint density at radius 1 is 1.56 bits per heavy atom. The van der Waals surface area contributed by atoms with Gasteiger partial charge in [0.05, 0.1) is 6.10 Å². The predicted octanol–water partition coefficient (Wildman–Crippen LogP) is 1.58. The van der Waals surface area contributed by atoms with E-state index in [-0.39, 0.29) is 11.5 Å². The smallest absolute Gasteiger partial charge is 0.318 e. The molecule has 0 amide bonds. The Bertz CT molecular complexity index is 356. The molecular formula is C10H16ClN3O2. The molecule has 1 aliphatic rings. The first-order valence-corrected chi connectivity index (χ1v) is 5.92. The number of hydrogen-bond acceptors (Lipinski definition) is 5. The lowest BCUT2D eigenvalue weighted by atomic mass is 9.96. The van der Waals surface area contributed by atoms with Gasteiger partial charge in [-0.2, -0.15) is 0 Å². The van der Waals surface area contributed by atoms with Gasteiger partial charge < -0.3 is 14.4 Å². The molecule has 1 saturated heterocycles. The van der Waals surface area contributed by atoms with Crippen LogP contribution in [0.15, 0.2) is 4.42 Å². The van der Waals surface area contributed by atoms with Crippen LogP contribution >= 0.6 is 11.6 Å². The molecule has 0 aromatic carbocycles. The standard InChI is InChI=1S/C10H16ClN3O2/c1-6-3-4-14(5-8(6)15)10-13-12-9(16-10)7(2)11/h6-8,15H,3-5H2,1-2H3. The summed E-state index contributed by atoms with van der Waals surface area (Å²) in [6, 6.07) is 0.452. The minimum Gasteiger partial charge on any atom is -0.406 e. The minimum atomic E-state index is -0.336. The molecule has 3 unspecified atom stereocenters. The van der Waals surface area contributed by atoms with Gasteiger partial charge in [0.2, 0.25) is 5.89 Å². The van der Waals surface area contributed by atoms with Crippen molar-refractivity contribution in [2.24, 2.45) is 5.92 Å². The number of β-amino-alcohol motifs (C(OH)–C–C–N with tert-alkyl or cyclic N) is 1. The summed E-state index contributed by atoms with van der Waals surface area (Å²) in [5.74, 6) is 0.746. The fourth-order valence-corrected chi connectivity index (χ4v) is 1.83. The third-order valence-electron chi connectivity index (χ3n) is 2.96. The highest BCUT2D eigenvalue weighted by Gasteiger charge is 2.27. The second kappa shape index (κ2) is 4.59. The number of aliphatic hydroxyl groups is 1. The molecule has 2 rings (SSSR count). The summed E-state index contributed by atoms with van der Waals surface area (Å²) in [5, 5.41) is 17.3. The van der Waals surface area contributed by atoms with E-state index >= 15 is 0 Å². The molecule has 16 heavy (non-hydrogen) atoms. The number of aliphatic hydroxyl groups excluding tert-OH is 1. The maximum atomic E-state index is 9.77. The first-order chi connectivity index (χ1) is 7.58. The van der Waals surface area contributed by atoms with E-state index in [0.717, 1.165) is 13.0 Å². The summed E-state index contributed by atoms with van der Waals surface area (Å²) in [6.45, 7) is 5.20. The highest BCUT2D eigenvalue weighted by Crippen LogP contribution is 2.25. The highest BCUT2D eigenvalue weighted by molar-refractivity contribution is 6.20. The van der Waals surface area contributed by atoms with Gasteiger partial charge in [-0.1, -0.05) is 12.0 Å². The van der Waals surface area contributed by atoms with Gasteiger partial charge in [0.1, 0.15) is 5.38 Å². The second-order valence-corrected chi connectivity index (χ2v) is 4.97. The number of halogens is 1. The van der Waals surface area contributed by atoms with E-state index in [1.807, 2.05) is 11.8 Å². The summed E-state index contributed by atoms with van der Waals surface area (Å²) in [7, 11) is 0. The van der Waals surface area contributed by atoms with Crippen LogP contribution in [-0.2, 0) is 0 Å². The second-order valence-electron chi connectivity index (χ2n) is 4.32. The normalized spacial score (nSPS) is 28.1. The molecule has 1 N–H and O–H groups in total. The average Bonchev–Trinajstić information content (AvgIpc) is 2.71. The number of rotatable bonds is 2. The quantitative estimate of drug-likeness (QED) is 0.802. The molecule has 1 fully saturated rings. The maximum Gasteiger partial charge on any atom is 0.318 e. The lowest BCUT2D eigenvalue weighted by molar-refractivity contribution is 0.101. The van der Waals surface area contributed by atoms with E-state index in [1.165, 1.54) is 0 Å². The molecular weight excluding hydrogens is 230 g/mol. The van der Waals surface area contributed by atoms with Crippen LogP contribution in [0, 0.1) is 5.92 Å². The third-order valence-corrected chi connectivity index (χ3v) is 3.15. The Labute approximate surface area is 99.4 Å². The van der Waals surface area contributed by atoms with Crippen molar-refractivity contribution < 1.29 is 9.52 Å². The zero-order valence-electron chi connectivity index (χ0n) is 9.43.